The van der Waals surface area contributed by atoms with Gasteiger partial charge in [0.15, 0.2) is 0 Å². The first kappa shape index (κ1) is 13.3. The first-order valence-corrected chi connectivity index (χ1v) is 6.45. The van der Waals surface area contributed by atoms with Crippen LogP contribution < -0.4 is 5.32 Å². The highest BCUT2D eigenvalue weighted by Crippen LogP contribution is 2.10. The molecule has 0 aromatic rings. The summed E-state index contributed by atoms with van der Waals surface area (Å²) < 4.78 is 0. The third-order valence-corrected chi connectivity index (χ3v) is 3.41. The third kappa shape index (κ3) is 3.67. The fraction of sp³-hybridized carbons (Fsp3) is 0.917. The second-order valence-electron chi connectivity index (χ2n) is 4.44. The molecule has 4 heteroatoms. The molecular formula is C12H25N3O. The van der Waals surface area contributed by atoms with Gasteiger partial charge in [0.2, 0.25) is 0 Å². The van der Waals surface area contributed by atoms with Gasteiger partial charge in [-0.05, 0) is 39.4 Å². The fourth-order valence-electron chi connectivity index (χ4n) is 2.21. The molecule has 0 spiro atoms. The molecule has 2 amide bonds. The molecule has 1 heterocycles. The lowest BCUT2D eigenvalue weighted by Crippen LogP contribution is -2.36. The Kier molecular flexibility index (Phi) is 5.60. The molecule has 1 unspecified atom stereocenters. The van der Waals surface area contributed by atoms with Gasteiger partial charge >= 0.3 is 6.03 Å². The van der Waals surface area contributed by atoms with Crippen molar-refractivity contribution < 1.29 is 4.79 Å². The monoisotopic (exact) mass is 227 g/mol. The van der Waals surface area contributed by atoms with Crippen LogP contribution in [0.4, 0.5) is 4.79 Å². The number of urea groups is 1. The molecule has 0 bridgehead atoms. The molecule has 0 aromatic carbocycles. The molecule has 94 valence electrons. The number of amides is 2. The van der Waals surface area contributed by atoms with Crippen LogP contribution in [-0.4, -0.2) is 54.6 Å². The van der Waals surface area contributed by atoms with Crippen LogP contribution in [-0.2, 0) is 0 Å². The van der Waals surface area contributed by atoms with E-state index in [2.05, 4.69) is 31.0 Å². The highest BCUT2D eigenvalue weighted by molar-refractivity contribution is 5.76. The number of hydrogen-bond donors (Lipinski definition) is 1. The molecule has 1 aliphatic heterocycles. The molecule has 1 fully saturated rings. The van der Waals surface area contributed by atoms with Crippen molar-refractivity contribution in [2.75, 3.05) is 32.7 Å². The van der Waals surface area contributed by atoms with Crippen molar-refractivity contribution in [2.24, 2.45) is 0 Å². The summed E-state index contributed by atoms with van der Waals surface area (Å²) in [7, 11) is 0. The maximum Gasteiger partial charge on any atom is 0.317 e. The quantitative estimate of drug-likeness (QED) is 0.716. The van der Waals surface area contributed by atoms with Gasteiger partial charge in [0.25, 0.3) is 0 Å². The Balaban J connectivity index is 2.19. The van der Waals surface area contributed by atoms with Gasteiger partial charge < -0.3 is 15.1 Å². The Morgan fingerprint density at radius 1 is 1.44 bits per heavy atom. The fourth-order valence-corrected chi connectivity index (χ4v) is 2.21. The summed E-state index contributed by atoms with van der Waals surface area (Å²) in [5.41, 5.74) is 0. The Labute approximate surface area is 99.0 Å². The van der Waals surface area contributed by atoms with Gasteiger partial charge in [-0.2, -0.15) is 0 Å². The lowest BCUT2D eigenvalue weighted by atomic mass is 10.1. The summed E-state index contributed by atoms with van der Waals surface area (Å²) in [4.78, 5) is 15.8. The minimum atomic E-state index is 0.107. The van der Waals surface area contributed by atoms with Gasteiger partial charge in [0.05, 0.1) is 0 Å². The summed E-state index contributed by atoms with van der Waals surface area (Å²) in [5.74, 6) is 0. The highest BCUT2D eigenvalue weighted by atomic mass is 16.2. The Hall–Kier alpha value is -0.770. The normalized spacial score (nSPS) is 18.0. The molecule has 1 atom stereocenters. The maximum absolute atomic E-state index is 11.4. The number of nitrogens with one attached hydrogen (secondary N) is 1. The number of carbonyl (C=O) groups is 1. The first-order valence-electron chi connectivity index (χ1n) is 6.45. The van der Waals surface area contributed by atoms with Gasteiger partial charge in [-0.25, -0.2) is 4.79 Å². The van der Waals surface area contributed by atoms with Crippen LogP contribution in [0, 0.1) is 0 Å². The van der Waals surface area contributed by atoms with Crippen molar-refractivity contribution in [3.63, 3.8) is 0 Å². The predicted molar refractivity (Wildman–Crippen MR) is 66.6 cm³/mol. The van der Waals surface area contributed by atoms with E-state index in [1.807, 2.05) is 4.90 Å². The lowest BCUT2D eigenvalue weighted by molar-refractivity contribution is 0.195. The smallest absolute Gasteiger partial charge is 0.317 e. The van der Waals surface area contributed by atoms with E-state index >= 15 is 0 Å². The summed E-state index contributed by atoms with van der Waals surface area (Å²) >= 11 is 0. The van der Waals surface area contributed by atoms with E-state index in [1.165, 1.54) is 6.42 Å². The maximum atomic E-state index is 11.4. The zero-order valence-corrected chi connectivity index (χ0v) is 10.8. The average Bonchev–Trinajstić information content (AvgIpc) is 2.70. The van der Waals surface area contributed by atoms with Gasteiger partial charge in [0, 0.05) is 19.1 Å². The number of rotatable bonds is 7. The lowest BCUT2D eigenvalue weighted by Gasteiger charge is -2.24. The highest BCUT2D eigenvalue weighted by Gasteiger charge is 2.24. The molecule has 0 aromatic heterocycles. The van der Waals surface area contributed by atoms with Crippen LogP contribution in [0.3, 0.4) is 0 Å². The van der Waals surface area contributed by atoms with Crippen molar-refractivity contribution in [1.29, 1.82) is 0 Å². The topological polar surface area (TPSA) is 35.6 Å². The Morgan fingerprint density at radius 2 is 2.12 bits per heavy atom. The van der Waals surface area contributed by atoms with Crippen molar-refractivity contribution in [3.05, 3.63) is 0 Å². The molecule has 4 nitrogen and oxygen atoms in total. The van der Waals surface area contributed by atoms with Crippen LogP contribution in [0.25, 0.3) is 0 Å². The zero-order chi connectivity index (χ0) is 12.0. The van der Waals surface area contributed by atoms with E-state index in [0.29, 0.717) is 6.04 Å². The van der Waals surface area contributed by atoms with Gasteiger partial charge in [0.1, 0.15) is 0 Å². The van der Waals surface area contributed by atoms with Crippen LogP contribution in [0.15, 0.2) is 0 Å². The Bertz CT molecular complexity index is 216. The minimum Gasteiger partial charge on any atom is -0.336 e. The molecule has 16 heavy (non-hydrogen) atoms. The van der Waals surface area contributed by atoms with Crippen LogP contribution in [0.5, 0.6) is 0 Å². The van der Waals surface area contributed by atoms with E-state index in [1.54, 1.807) is 0 Å². The van der Waals surface area contributed by atoms with E-state index < -0.39 is 0 Å². The van der Waals surface area contributed by atoms with Crippen molar-refractivity contribution in [1.82, 2.24) is 15.1 Å². The van der Waals surface area contributed by atoms with Gasteiger partial charge in [-0.1, -0.05) is 13.8 Å². The first-order chi connectivity index (χ1) is 7.69. The summed E-state index contributed by atoms with van der Waals surface area (Å²) in [5, 5.41) is 2.85. The second-order valence-corrected chi connectivity index (χ2v) is 4.44. The van der Waals surface area contributed by atoms with E-state index in [9.17, 15) is 4.79 Å². The van der Waals surface area contributed by atoms with E-state index in [4.69, 9.17) is 0 Å². The van der Waals surface area contributed by atoms with Crippen molar-refractivity contribution in [3.8, 4) is 0 Å². The molecule has 0 saturated carbocycles. The number of hydrogen-bond acceptors (Lipinski definition) is 2. The largest absolute Gasteiger partial charge is 0.336 e. The van der Waals surface area contributed by atoms with Gasteiger partial charge in [-0.15, -0.1) is 0 Å². The van der Waals surface area contributed by atoms with Crippen molar-refractivity contribution >= 4 is 6.03 Å². The van der Waals surface area contributed by atoms with Crippen LogP contribution >= 0.6 is 0 Å². The van der Waals surface area contributed by atoms with Crippen LogP contribution in [0.1, 0.15) is 33.6 Å². The predicted octanol–water partition coefficient (Wildman–Crippen LogP) is 1.52. The van der Waals surface area contributed by atoms with Gasteiger partial charge in [-0.3, -0.25) is 0 Å². The summed E-state index contributed by atoms with van der Waals surface area (Å²) in [6, 6.07) is 0.480. The minimum absolute atomic E-state index is 0.107. The van der Waals surface area contributed by atoms with Crippen LogP contribution in [0.2, 0.25) is 0 Å². The Morgan fingerprint density at radius 3 is 2.62 bits per heavy atom. The molecular weight excluding hydrogens is 202 g/mol. The zero-order valence-electron chi connectivity index (χ0n) is 10.8. The number of nitrogens with zero attached hydrogens (tertiary/aromatic N) is 2. The summed E-state index contributed by atoms with van der Waals surface area (Å²) in [6.07, 6.45) is 2.27. The molecule has 1 N–H and O–H groups in total. The van der Waals surface area contributed by atoms with Crippen molar-refractivity contribution in [2.45, 2.75) is 39.7 Å². The van der Waals surface area contributed by atoms with E-state index in [0.717, 1.165) is 39.1 Å². The van der Waals surface area contributed by atoms with E-state index in [-0.39, 0.29) is 6.03 Å². The third-order valence-electron chi connectivity index (χ3n) is 3.41. The number of carbonyl (C=O) groups excluding carboxylic acids is 1. The molecule has 0 radical (unpaired) electrons. The second kappa shape index (κ2) is 6.74. The summed E-state index contributed by atoms with van der Waals surface area (Å²) in [6.45, 7) is 11.6. The average molecular weight is 227 g/mol. The SMILES string of the molecule is CCN(CC)CCCC(C)N1CCNC1=O. The molecule has 1 saturated heterocycles. The molecule has 1 aliphatic rings. The standard InChI is InChI=1S/C12H25N3O/c1-4-14(5-2)9-6-7-11(3)15-10-8-13-12(15)16/h11H,4-10H2,1-3H3,(H,13,16). The molecule has 1 rings (SSSR count). The molecule has 0 aliphatic carbocycles.